The first-order valence-electron chi connectivity index (χ1n) is 7.14. The third-order valence-corrected chi connectivity index (χ3v) is 3.57. The molecule has 2 rings (SSSR count). The molecule has 1 aliphatic rings. The van der Waals surface area contributed by atoms with Crippen LogP contribution in [0.15, 0.2) is 42.5 Å². The summed E-state index contributed by atoms with van der Waals surface area (Å²) in [6.45, 7) is 0.0771. The number of carbonyl (C=O) groups excluding carboxylic acids is 1. The minimum atomic E-state index is -0.943. The molecule has 112 valence electrons. The van der Waals surface area contributed by atoms with Crippen molar-refractivity contribution >= 4 is 12.0 Å². The van der Waals surface area contributed by atoms with Crippen LogP contribution in [0.3, 0.4) is 0 Å². The second kappa shape index (κ2) is 7.47. The first-order valence-corrected chi connectivity index (χ1v) is 7.14. The number of allylic oxidation sites excluding steroid dienone is 1. The van der Waals surface area contributed by atoms with Crippen LogP contribution < -0.4 is 10.6 Å². The maximum absolute atomic E-state index is 11.8. The average Bonchev–Trinajstić information content (AvgIpc) is 2.49. The lowest BCUT2D eigenvalue weighted by molar-refractivity contribution is -0.138. The van der Waals surface area contributed by atoms with E-state index in [0.29, 0.717) is 5.56 Å². The van der Waals surface area contributed by atoms with Crippen molar-refractivity contribution in [2.45, 2.75) is 31.2 Å². The molecule has 0 bridgehead atoms. The molecule has 0 saturated heterocycles. The lowest BCUT2D eigenvalue weighted by Crippen LogP contribution is -2.44. The van der Waals surface area contributed by atoms with Gasteiger partial charge in [0.25, 0.3) is 0 Å². The Morgan fingerprint density at radius 3 is 2.62 bits per heavy atom. The molecule has 3 N–H and O–H groups in total. The van der Waals surface area contributed by atoms with E-state index in [1.807, 2.05) is 6.07 Å². The number of nitrogens with one attached hydrogen (secondary N) is 2. The van der Waals surface area contributed by atoms with Crippen LogP contribution in [-0.4, -0.2) is 29.7 Å². The highest BCUT2D eigenvalue weighted by Crippen LogP contribution is 2.15. The second-order valence-corrected chi connectivity index (χ2v) is 5.14. The van der Waals surface area contributed by atoms with Gasteiger partial charge in [0.15, 0.2) is 0 Å². The Hall–Kier alpha value is -2.30. The number of aliphatic carboxylic acids is 1. The molecule has 1 aromatic rings. The summed E-state index contributed by atoms with van der Waals surface area (Å²) in [7, 11) is 0. The predicted molar refractivity (Wildman–Crippen MR) is 80.1 cm³/mol. The lowest BCUT2D eigenvalue weighted by atomic mass is 9.99. The zero-order valence-electron chi connectivity index (χ0n) is 11.8. The van der Waals surface area contributed by atoms with Crippen LogP contribution in [0.5, 0.6) is 0 Å². The maximum Gasteiger partial charge on any atom is 0.315 e. The molecule has 0 fully saturated rings. The van der Waals surface area contributed by atoms with Gasteiger partial charge in [-0.25, -0.2) is 4.79 Å². The molecule has 21 heavy (non-hydrogen) atoms. The van der Waals surface area contributed by atoms with Crippen LogP contribution in [-0.2, 0) is 4.79 Å². The highest BCUT2D eigenvalue weighted by molar-refractivity contribution is 5.79. The molecule has 0 spiro atoms. The highest BCUT2D eigenvalue weighted by Gasteiger charge is 2.21. The van der Waals surface area contributed by atoms with E-state index in [0.717, 1.165) is 19.3 Å². The molecule has 5 heteroatoms. The third-order valence-electron chi connectivity index (χ3n) is 3.57. The number of carboxylic acids is 1. The van der Waals surface area contributed by atoms with E-state index in [1.54, 1.807) is 24.3 Å². The minimum Gasteiger partial charge on any atom is -0.481 e. The van der Waals surface area contributed by atoms with Crippen LogP contribution in [0.25, 0.3) is 0 Å². The first kappa shape index (κ1) is 15.1. The van der Waals surface area contributed by atoms with Gasteiger partial charge in [0.2, 0.25) is 0 Å². The van der Waals surface area contributed by atoms with Gasteiger partial charge >= 0.3 is 12.0 Å². The Morgan fingerprint density at radius 1 is 1.24 bits per heavy atom. The van der Waals surface area contributed by atoms with E-state index in [-0.39, 0.29) is 18.6 Å². The van der Waals surface area contributed by atoms with Gasteiger partial charge in [-0.15, -0.1) is 0 Å². The number of carboxylic acid groups (broad SMARTS) is 1. The van der Waals surface area contributed by atoms with Crippen LogP contribution in [0.1, 0.15) is 30.7 Å². The van der Waals surface area contributed by atoms with E-state index in [9.17, 15) is 14.7 Å². The Morgan fingerprint density at radius 2 is 2.00 bits per heavy atom. The first-order chi connectivity index (χ1) is 10.2. The minimum absolute atomic E-state index is 0.0771. The normalized spacial score (nSPS) is 18.8. The van der Waals surface area contributed by atoms with Gasteiger partial charge in [-0.2, -0.15) is 0 Å². The summed E-state index contributed by atoms with van der Waals surface area (Å²) in [6.07, 6.45) is 6.87. The van der Waals surface area contributed by atoms with Crippen molar-refractivity contribution in [2.24, 2.45) is 0 Å². The molecule has 2 amide bonds. The number of carbonyl (C=O) groups is 2. The molecule has 2 unspecified atom stereocenters. The largest absolute Gasteiger partial charge is 0.481 e. The fourth-order valence-electron chi connectivity index (χ4n) is 2.39. The molecular weight excluding hydrogens is 268 g/mol. The van der Waals surface area contributed by atoms with E-state index in [1.165, 1.54) is 0 Å². The summed E-state index contributed by atoms with van der Waals surface area (Å²) in [5.74, 6) is -1.68. The van der Waals surface area contributed by atoms with Crippen molar-refractivity contribution in [2.75, 3.05) is 6.54 Å². The number of urea groups is 1. The highest BCUT2D eigenvalue weighted by atomic mass is 16.4. The zero-order valence-corrected chi connectivity index (χ0v) is 11.8. The van der Waals surface area contributed by atoms with Crippen LogP contribution in [0.4, 0.5) is 4.79 Å². The fourth-order valence-corrected chi connectivity index (χ4v) is 2.39. The molecule has 0 heterocycles. The number of rotatable bonds is 5. The summed E-state index contributed by atoms with van der Waals surface area (Å²) in [4.78, 5) is 23.2. The van der Waals surface area contributed by atoms with Crippen molar-refractivity contribution in [1.82, 2.24) is 10.6 Å². The average molecular weight is 288 g/mol. The Balaban J connectivity index is 1.85. The monoisotopic (exact) mass is 288 g/mol. The van der Waals surface area contributed by atoms with Gasteiger partial charge in [-0.05, 0) is 24.8 Å². The lowest BCUT2D eigenvalue weighted by Gasteiger charge is -2.20. The van der Waals surface area contributed by atoms with Crippen LogP contribution in [0.2, 0.25) is 0 Å². The van der Waals surface area contributed by atoms with E-state index in [4.69, 9.17) is 0 Å². The molecule has 0 aliphatic heterocycles. The number of benzene rings is 1. The van der Waals surface area contributed by atoms with Crippen LogP contribution >= 0.6 is 0 Å². The summed E-state index contributed by atoms with van der Waals surface area (Å²) in [5, 5.41) is 14.8. The fraction of sp³-hybridized carbons (Fsp3) is 0.375. The summed E-state index contributed by atoms with van der Waals surface area (Å²) in [5.41, 5.74) is 0.686. The van der Waals surface area contributed by atoms with Crippen molar-refractivity contribution in [1.29, 1.82) is 0 Å². The summed E-state index contributed by atoms with van der Waals surface area (Å²) in [6, 6.07) is 8.75. The molecule has 0 aromatic heterocycles. The molecule has 2 atom stereocenters. The second-order valence-electron chi connectivity index (χ2n) is 5.14. The number of hydrogen-bond acceptors (Lipinski definition) is 2. The molecule has 1 aliphatic carbocycles. The smallest absolute Gasteiger partial charge is 0.315 e. The van der Waals surface area contributed by atoms with Gasteiger partial charge in [-0.3, -0.25) is 4.79 Å². The van der Waals surface area contributed by atoms with E-state index < -0.39 is 11.9 Å². The Labute approximate surface area is 124 Å². The molecule has 5 nitrogen and oxygen atoms in total. The molecule has 0 radical (unpaired) electrons. The Kier molecular flexibility index (Phi) is 5.37. The van der Waals surface area contributed by atoms with Crippen LogP contribution in [0, 0.1) is 0 Å². The SMILES string of the molecule is O=C(NCC(C(=O)O)c1ccccc1)NC1CC=CCC1. The predicted octanol–water partition coefficient (Wildman–Crippen LogP) is 2.26. The molecular formula is C16H20N2O3. The van der Waals surface area contributed by atoms with Gasteiger partial charge in [0, 0.05) is 12.6 Å². The topological polar surface area (TPSA) is 78.4 Å². The zero-order chi connectivity index (χ0) is 15.1. The van der Waals surface area contributed by atoms with Gasteiger partial charge in [0.1, 0.15) is 0 Å². The number of amides is 2. The van der Waals surface area contributed by atoms with Gasteiger partial charge < -0.3 is 15.7 Å². The van der Waals surface area contributed by atoms with Crippen molar-refractivity contribution in [3.63, 3.8) is 0 Å². The van der Waals surface area contributed by atoms with Crippen molar-refractivity contribution < 1.29 is 14.7 Å². The van der Waals surface area contributed by atoms with E-state index >= 15 is 0 Å². The summed E-state index contributed by atoms with van der Waals surface area (Å²) < 4.78 is 0. The van der Waals surface area contributed by atoms with Gasteiger partial charge in [0.05, 0.1) is 5.92 Å². The third kappa shape index (κ3) is 4.63. The van der Waals surface area contributed by atoms with Gasteiger partial charge in [-0.1, -0.05) is 42.5 Å². The summed E-state index contributed by atoms with van der Waals surface area (Å²) >= 11 is 0. The maximum atomic E-state index is 11.8. The number of hydrogen-bond donors (Lipinski definition) is 3. The quantitative estimate of drug-likeness (QED) is 0.727. The van der Waals surface area contributed by atoms with Crippen molar-refractivity contribution in [3.8, 4) is 0 Å². The van der Waals surface area contributed by atoms with E-state index in [2.05, 4.69) is 22.8 Å². The van der Waals surface area contributed by atoms with Crippen molar-refractivity contribution in [3.05, 3.63) is 48.0 Å². The Bertz CT molecular complexity index is 514. The molecule has 1 aromatic carbocycles. The standard InChI is InChI=1S/C16H20N2O3/c19-15(20)14(12-7-3-1-4-8-12)11-17-16(21)18-13-9-5-2-6-10-13/h1-5,7-8,13-14H,6,9-11H2,(H,19,20)(H2,17,18,21). The molecule has 0 saturated carbocycles.